The van der Waals surface area contributed by atoms with Gasteiger partial charge >= 0.3 is 17.7 Å². The molecule has 0 aromatic heterocycles. The van der Waals surface area contributed by atoms with Crippen LogP contribution in [0.15, 0.2) is 0 Å². The molecule has 0 saturated carbocycles. The van der Waals surface area contributed by atoms with E-state index in [0.29, 0.717) is 0 Å². The van der Waals surface area contributed by atoms with Gasteiger partial charge in [0, 0.05) is 0 Å². The molecule has 0 aliphatic carbocycles. The fourth-order valence-electron chi connectivity index (χ4n) is 0. The zero-order valence-corrected chi connectivity index (χ0v) is 3.59. The predicted molar refractivity (Wildman–Crippen MR) is 20.7 cm³/mol. The van der Waals surface area contributed by atoms with Gasteiger partial charge in [0.2, 0.25) is 0 Å². The van der Waals surface area contributed by atoms with Crippen molar-refractivity contribution in [2.45, 2.75) is 6.92 Å². The van der Waals surface area contributed by atoms with Gasteiger partial charge in [0.1, 0.15) is 0 Å². The first-order chi connectivity index (χ1) is 2.83. The van der Waals surface area contributed by atoms with E-state index >= 15 is 0 Å². The molecular weight excluding hydrogens is 82.8 g/mol. The van der Waals surface area contributed by atoms with Gasteiger partial charge in [0.15, 0.2) is 0 Å². The summed E-state index contributed by atoms with van der Waals surface area (Å²) < 4.78 is 0. The quantitative estimate of drug-likeness (QED) is 0.334. The van der Waals surface area contributed by atoms with Crippen LogP contribution in [-0.2, 0) is 0 Å². The fraction of sp³-hybridized carbons (Fsp3) is 1.00. The normalized spacial score (nSPS) is 4.67. The summed E-state index contributed by atoms with van der Waals surface area (Å²) >= 11 is 0. The number of hydrogen-bond acceptors (Lipinski definition) is 3. The van der Waals surface area contributed by atoms with E-state index in [-0.39, 0.29) is 14.3 Å². The molecule has 36 valence electrons. The van der Waals surface area contributed by atoms with E-state index < -0.39 is 0 Å². The summed E-state index contributed by atoms with van der Waals surface area (Å²) in [5.41, 5.74) is 0. The van der Waals surface area contributed by atoms with E-state index in [0.717, 1.165) is 0 Å². The fourth-order valence-corrected chi connectivity index (χ4v) is 0. The van der Waals surface area contributed by atoms with Gasteiger partial charge in [-0.05, 0) is 0 Å². The summed E-state index contributed by atoms with van der Waals surface area (Å²) in [4.78, 5) is 0. The third kappa shape index (κ3) is 11300. The Bertz CT molecular complexity index is 10.8. The topological polar surface area (TPSA) is 63.5 Å². The predicted octanol–water partition coefficient (Wildman–Crippen LogP) is -2.13. The molecule has 2 N–H and O–H groups in total. The van der Waals surface area contributed by atoms with E-state index in [1.54, 1.807) is 6.92 Å². The summed E-state index contributed by atoms with van der Waals surface area (Å²) in [5, 5.41) is 22.9. The average molecular weight is 89.9 g/mol. The van der Waals surface area contributed by atoms with E-state index in [2.05, 4.69) is 0 Å². The molecule has 0 saturated heterocycles. The van der Waals surface area contributed by atoms with Crippen LogP contribution in [-0.4, -0.2) is 24.3 Å². The van der Waals surface area contributed by atoms with Crippen LogP contribution in [0.2, 0.25) is 0 Å². The van der Waals surface area contributed by atoms with Gasteiger partial charge in [0.25, 0.3) is 0 Å². The van der Waals surface area contributed by atoms with Crippen LogP contribution in [0.3, 0.4) is 0 Å². The van der Waals surface area contributed by atoms with Crippen molar-refractivity contribution < 1.29 is 15.2 Å². The average Bonchev–Trinajstić information content (AvgIpc) is 1.39. The summed E-state index contributed by atoms with van der Waals surface area (Å²) in [6.45, 7) is 1.57. The van der Waals surface area contributed by atoms with Crippen LogP contribution in [0.1, 0.15) is 6.92 Å². The zero-order valence-electron chi connectivity index (χ0n) is 3.59. The second kappa shape index (κ2) is 20.3. The molecule has 0 aliphatic heterocycles. The molecule has 0 amide bonds. The molecule has 0 rings (SSSR count). The maximum absolute atomic E-state index is 8.93. The third-order valence-corrected chi connectivity index (χ3v) is 0. The van der Waals surface area contributed by atoms with E-state index in [1.807, 2.05) is 0 Å². The van der Waals surface area contributed by atoms with Crippen LogP contribution in [0.25, 0.3) is 0 Å². The summed E-state index contributed by atoms with van der Waals surface area (Å²) in [7, 11) is 0. The Morgan fingerprint density at radius 1 is 1.67 bits per heavy atom. The van der Waals surface area contributed by atoms with Crippen molar-refractivity contribution in [3.8, 4) is 0 Å². The van der Waals surface area contributed by atoms with Crippen LogP contribution in [0.4, 0.5) is 0 Å². The monoisotopic (exact) mass is 90.0 g/mol. The Kier molecular flexibility index (Phi) is 31.7. The molecule has 0 radical (unpaired) electrons. The molecule has 0 fully saturated rings. The second-order valence-corrected chi connectivity index (χ2v) is 0.404. The molecule has 0 spiro atoms. The van der Waals surface area contributed by atoms with E-state index in [1.165, 1.54) is 0 Å². The first-order valence-corrected chi connectivity index (χ1v) is 1.51. The first-order valence-electron chi connectivity index (χ1n) is 1.51. The van der Waals surface area contributed by atoms with Crippen molar-refractivity contribution >= 4 is 7.69 Å². The van der Waals surface area contributed by atoms with Gasteiger partial charge in [-0.25, -0.2) is 0 Å². The molecule has 4 heteroatoms. The Morgan fingerprint density at radius 3 is 1.67 bits per heavy atom. The molecule has 3 nitrogen and oxygen atoms in total. The van der Waals surface area contributed by atoms with Crippen molar-refractivity contribution in [3.63, 3.8) is 0 Å². The summed E-state index contributed by atoms with van der Waals surface area (Å²) in [6.07, 6.45) is 0. The van der Waals surface area contributed by atoms with E-state index in [4.69, 9.17) is 15.2 Å². The number of rotatable bonds is 0. The molecule has 0 heterocycles. The van der Waals surface area contributed by atoms with Crippen molar-refractivity contribution in [2.24, 2.45) is 0 Å². The summed E-state index contributed by atoms with van der Waals surface area (Å²) in [5.74, 6) is 0. The minimum absolute atomic E-state index is 0. The Morgan fingerprint density at radius 2 is 1.67 bits per heavy atom. The van der Waals surface area contributed by atoms with Crippen molar-refractivity contribution in [2.75, 3.05) is 6.61 Å². The van der Waals surface area contributed by atoms with Crippen molar-refractivity contribution in [1.29, 1.82) is 0 Å². The maximum atomic E-state index is 8.93. The Balaban J connectivity index is 0. The molecule has 0 atom stereocenters. The summed E-state index contributed by atoms with van der Waals surface area (Å²) in [6, 6.07) is 0. The van der Waals surface area contributed by atoms with Gasteiger partial charge in [-0.3, -0.25) is 0 Å². The van der Waals surface area contributed by atoms with Crippen LogP contribution in [0, 0.1) is 0 Å². The third-order valence-electron chi connectivity index (χ3n) is 0. The van der Waals surface area contributed by atoms with Crippen LogP contribution < -0.4 is 5.11 Å². The van der Waals surface area contributed by atoms with Crippen molar-refractivity contribution in [1.82, 2.24) is 0 Å². The molecule has 0 aromatic rings. The molecule has 0 unspecified atom stereocenters. The molecule has 0 aliphatic rings. The number of hydrogen-bond donors (Lipinski definition) is 2. The van der Waals surface area contributed by atoms with Crippen LogP contribution >= 0.6 is 0 Å². The Hall–Kier alpha value is -0.0551. The van der Waals surface area contributed by atoms with E-state index in [9.17, 15) is 0 Å². The second-order valence-electron chi connectivity index (χ2n) is 0.404. The first kappa shape index (κ1) is 9.34. The Labute approximate surface area is 37.5 Å². The standard InChI is InChI=1S/C2H5O.BH2O2/c1-2-3;2-1-3/h2H2,1H3;2-3H/q-1;+1. The van der Waals surface area contributed by atoms with Gasteiger partial charge in [0.05, 0.1) is 0 Å². The van der Waals surface area contributed by atoms with Gasteiger partial charge in [-0.2, -0.15) is 0 Å². The van der Waals surface area contributed by atoms with Gasteiger partial charge in [-0.1, -0.05) is 6.92 Å². The van der Waals surface area contributed by atoms with Crippen LogP contribution in [0.5, 0.6) is 0 Å². The SMILES string of the molecule is CC[O-].O[B+]O. The molecule has 0 aromatic carbocycles. The zero-order chi connectivity index (χ0) is 5.41. The van der Waals surface area contributed by atoms with Crippen molar-refractivity contribution in [3.05, 3.63) is 0 Å². The van der Waals surface area contributed by atoms with Gasteiger partial charge in [-0.15, -0.1) is 6.61 Å². The van der Waals surface area contributed by atoms with Gasteiger partial charge < -0.3 is 5.11 Å². The minimum atomic E-state index is 0. The molecule has 0 bridgehead atoms. The molecule has 6 heavy (non-hydrogen) atoms. The molecular formula is C2H7BO3.